The molecule has 1 saturated carbocycles. The Kier molecular flexibility index (Phi) is 5.97. The van der Waals surface area contributed by atoms with Crippen molar-refractivity contribution in [2.75, 3.05) is 13.1 Å². The number of nitrogens with zero attached hydrogens (tertiary/aromatic N) is 1. The van der Waals surface area contributed by atoms with Gasteiger partial charge in [0.15, 0.2) is 5.78 Å². The number of Topliss-reactive ketones (excluding diaryl/α,β-unsaturated/α-hetero) is 1. The van der Waals surface area contributed by atoms with Gasteiger partial charge < -0.3 is 31.3 Å². The first-order valence-electron chi connectivity index (χ1n) is 12.4. The zero-order valence-electron chi connectivity index (χ0n) is 20.2. The van der Waals surface area contributed by atoms with Gasteiger partial charge >= 0.3 is 0 Å². The van der Waals surface area contributed by atoms with Crippen molar-refractivity contribution >= 4 is 17.4 Å². The average molecular weight is 497 g/mol. The van der Waals surface area contributed by atoms with Crippen molar-refractivity contribution in [3.63, 3.8) is 0 Å². The molecule has 3 unspecified atom stereocenters. The number of hydrogen-bond acceptors (Lipinski definition) is 8. The predicted molar refractivity (Wildman–Crippen MR) is 131 cm³/mol. The molecule has 0 saturated heterocycles. The Balaban J connectivity index is 1.60. The predicted octanol–water partition coefficient (Wildman–Crippen LogP) is 1.75. The third kappa shape index (κ3) is 3.65. The van der Waals surface area contributed by atoms with Crippen molar-refractivity contribution in [2.45, 2.75) is 51.4 Å². The Morgan fingerprint density at radius 2 is 1.92 bits per heavy atom. The number of fused-ring (bicyclic) bond motifs is 3. The summed E-state index contributed by atoms with van der Waals surface area (Å²) < 4.78 is 0. The zero-order chi connectivity index (χ0) is 25.9. The lowest BCUT2D eigenvalue weighted by Crippen LogP contribution is -2.57. The molecule has 0 bridgehead atoms. The molecule has 3 atom stereocenters. The van der Waals surface area contributed by atoms with Gasteiger partial charge in [-0.25, -0.2) is 0 Å². The molecule has 9 nitrogen and oxygen atoms in total. The van der Waals surface area contributed by atoms with Crippen LogP contribution in [-0.4, -0.2) is 61.0 Å². The highest BCUT2D eigenvalue weighted by Gasteiger charge is 2.58. The van der Waals surface area contributed by atoms with Gasteiger partial charge in [-0.2, -0.15) is 0 Å². The summed E-state index contributed by atoms with van der Waals surface area (Å²) in [4.78, 5) is 27.7. The molecule has 0 radical (unpaired) electrons. The maximum atomic E-state index is 13.7. The normalized spacial score (nSPS) is 27.5. The molecule has 9 heteroatoms. The van der Waals surface area contributed by atoms with Crippen LogP contribution in [0.25, 0.3) is 5.76 Å². The van der Waals surface area contributed by atoms with Gasteiger partial charge in [-0.3, -0.25) is 14.5 Å². The summed E-state index contributed by atoms with van der Waals surface area (Å²) in [5, 5.41) is 54.7. The monoisotopic (exact) mass is 496 g/mol. The number of ketones is 1. The number of phenolic OH excluding ortho intramolecular Hbond substituents is 1. The average Bonchev–Trinajstić information content (AvgIpc) is 2.80. The minimum atomic E-state index is -2.96. The molecular formula is C27H32N2O7. The molecule has 4 aliphatic rings. The van der Waals surface area contributed by atoms with E-state index >= 15 is 0 Å². The van der Waals surface area contributed by atoms with Crippen LogP contribution in [0.15, 0.2) is 35.1 Å². The third-order valence-electron chi connectivity index (χ3n) is 8.25. The fourth-order valence-corrected chi connectivity index (χ4v) is 6.66. The van der Waals surface area contributed by atoms with Gasteiger partial charge in [-0.05, 0) is 48.6 Å². The number of nitrogens with two attached hydrogens (primary N) is 1. The molecule has 3 aliphatic carbocycles. The summed E-state index contributed by atoms with van der Waals surface area (Å²) in [6, 6.07) is 1.97. The van der Waals surface area contributed by atoms with Crippen LogP contribution in [-0.2, 0) is 29.0 Å². The number of allylic oxidation sites excluding steroid dienone is 2. The van der Waals surface area contributed by atoms with E-state index in [9.17, 15) is 35.1 Å². The zero-order valence-corrected chi connectivity index (χ0v) is 20.2. The highest BCUT2D eigenvalue weighted by Crippen LogP contribution is 2.53. The molecule has 1 fully saturated rings. The van der Waals surface area contributed by atoms with Gasteiger partial charge in [0, 0.05) is 37.2 Å². The number of benzene rings is 1. The van der Waals surface area contributed by atoms with Gasteiger partial charge in [-0.1, -0.05) is 25.1 Å². The second kappa shape index (κ2) is 8.76. The number of carbonyl (C=O) groups is 2. The number of aliphatic hydroxyl groups is 4. The van der Waals surface area contributed by atoms with Crippen molar-refractivity contribution in [1.82, 2.24) is 4.90 Å². The minimum Gasteiger partial charge on any atom is -0.512 e. The van der Waals surface area contributed by atoms with Crippen molar-refractivity contribution in [1.29, 1.82) is 0 Å². The smallest absolute Gasteiger partial charge is 0.253 e. The van der Waals surface area contributed by atoms with Crippen molar-refractivity contribution < 1.29 is 35.1 Å². The molecule has 1 heterocycles. The van der Waals surface area contributed by atoms with E-state index in [1.807, 2.05) is 13.0 Å². The number of carbonyl (C=O) groups excluding carboxylic acids is 2. The van der Waals surface area contributed by atoms with Crippen LogP contribution >= 0.6 is 0 Å². The van der Waals surface area contributed by atoms with Gasteiger partial charge in [0.1, 0.15) is 22.8 Å². The second-order valence-electron chi connectivity index (χ2n) is 10.4. The summed E-state index contributed by atoms with van der Waals surface area (Å²) in [7, 11) is 0. The summed E-state index contributed by atoms with van der Waals surface area (Å²) >= 11 is 0. The molecular weight excluding hydrogens is 464 g/mol. The fraction of sp³-hybridized carbons (Fsp3) is 0.481. The van der Waals surface area contributed by atoms with Crippen LogP contribution in [0.1, 0.15) is 48.4 Å². The van der Waals surface area contributed by atoms with Crippen molar-refractivity contribution in [3.8, 4) is 5.75 Å². The number of amides is 1. The Bertz CT molecular complexity index is 1240. The molecule has 192 valence electrons. The summed E-state index contributed by atoms with van der Waals surface area (Å²) in [5.41, 5.74) is 7.15. The molecule has 1 amide bonds. The minimum absolute atomic E-state index is 0.0249. The van der Waals surface area contributed by atoms with E-state index in [1.165, 1.54) is 0 Å². The molecule has 0 aromatic heterocycles. The lowest BCUT2D eigenvalue weighted by atomic mass is 9.59. The molecule has 1 aromatic rings. The van der Waals surface area contributed by atoms with Crippen molar-refractivity contribution in [2.24, 2.45) is 23.5 Å². The van der Waals surface area contributed by atoms with Crippen molar-refractivity contribution in [3.05, 3.63) is 57.4 Å². The topological polar surface area (TPSA) is 165 Å². The molecule has 7 N–H and O–H groups in total. The van der Waals surface area contributed by atoms with E-state index in [0.717, 1.165) is 30.6 Å². The molecule has 1 aromatic carbocycles. The van der Waals surface area contributed by atoms with Crippen LogP contribution in [0.2, 0.25) is 0 Å². The maximum Gasteiger partial charge on any atom is 0.253 e. The van der Waals surface area contributed by atoms with E-state index in [1.54, 1.807) is 0 Å². The van der Waals surface area contributed by atoms with E-state index in [2.05, 4.69) is 17.1 Å². The maximum absolute atomic E-state index is 13.7. The van der Waals surface area contributed by atoms with Gasteiger partial charge in [0.2, 0.25) is 5.79 Å². The first kappa shape index (κ1) is 24.5. The highest BCUT2D eigenvalue weighted by molar-refractivity contribution is 6.07. The number of primary amides is 1. The number of hydrogen-bond donors (Lipinski definition) is 6. The second-order valence-corrected chi connectivity index (χ2v) is 10.4. The lowest BCUT2D eigenvalue weighted by Gasteiger charge is -2.46. The molecule has 1 aliphatic heterocycles. The summed E-state index contributed by atoms with van der Waals surface area (Å²) in [6.45, 7) is 4.10. The molecule has 5 rings (SSSR count). The number of phenols is 1. The summed E-state index contributed by atoms with van der Waals surface area (Å²) in [6.07, 6.45) is 6.38. The van der Waals surface area contributed by atoms with Gasteiger partial charge in [0.05, 0.1) is 11.5 Å². The quantitative estimate of drug-likeness (QED) is 0.271. The molecule has 0 spiro atoms. The Labute approximate surface area is 208 Å². The van der Waals surface area contributed by atoms with Crippen LogP contribution in [0.5, 0.6) is 5.75 Å². The highest BCUT2D eigenvalue weighted by atomic mass is 16.5. The number of aromatic hydroxyl groups is 1. The SMILES string of the molecule is CCc1cc(CN2CC=CCC2)c(O)c2c1CC1CC3CC(O)=C(C(N)=O)C(O)(O)C3C(=O)C1=C2O. The first-order chi connectivity index (χ1) is 17.1. The third-order valence-corrected chi connectivity index (χ3v) is 8.25. The lowest BCUT2D eigenvalue weighted by molar-refractivity contribution is -0.197. The first-order valence-corrected chi connectivity index (χ1v) is 12.4. The van der Waals surface area contributed by atoms with E-state index in [0.29, 0.717) is 31.4 Å². The standard InChI is InChI=1S/C27H32N2O7/c1-2-13-8-16(12-29-6-4-3-5-7-29)23(31)20-17(13)10-14-9-15-11-18(30)22(26(28)34)27(35,36)21(15)25(33)19(14)24(20)32/h3-4,8,14-15,21,30-32,35-36H,2,5-7,9-12H2,1H3,(H2,28,34). The van der Waals surface area contributed by atoms with Crippen LogP contribution in [0.3, 0.4) is 0 Å². The number of aryl methyl sites for hydroxylation is 1. The summed E-state index contributed by atoms with van der Waals surface area (Å²) in [5.74, 6) is -8.40. The Morgan fingerprint density at radius 3 is 2.56 bits per heavy atom. The van der Waals surface area contributed by atoms with Crippen LogP contribution < -0.4 is 5.73 Å². The van der Waals surface area contributed by atoms with Gasteiger partial charge in [0.25, 0.3) is 5.91 Å². The fourth-order valence-electron chi connectivity index (χ4n) is 6.66. The molecule has 36 heavy (non-hydrogen) atoms. The van der Waals surface area contributed by atoms with Crippen LogP contribution in [0.4, 0.5) is 0 Å². The van der Waals surface area contributed by atoms with E-state index in [-0.39, 0.29) is 29.1 Å². The Hall–Kier alpha value is -3.14. The van der Waals surface area contributed by atoms with E-state index < -0.39 is 46.6 Å². The Morgan fingerprint density at radius 1 is 1.17 bits per heavy atom. The van der Waals surface area contributed by atoms with Crippen LogP contribution in [0, 0.1) is 17.8 Å². The number of aliphatic hydroxyl groups excluding tert-OH is 2. The number of rotatable bonds is 4. The largest absolute Gasteiger partial charge is 0.512 e. The van der Waals surface area contributed by atoms with Gasteiger partial charge in [-0.15, -0.1) is 0 Å². The van der Waals surface area contributed by atoms with E-state index in [4.69, 9.17) is 5.73 Å².